The fourth-order valence-electron chi connectivity index (χ4n) is 2.29. The van der Waals surface area contributed by atoms with Gasteiger partial charge in [-0.3, -0.25) is 4.79 Å². The second kappa shape index (κ2) is 9.23. The summed E-state index contributed by atoms with van der Waals surface area (Å²) in [5.41, 5.74) is 2.01. The summed E-state index contributed by atoms with van der Waals surface area (Å²) in [6.45, 7) is 4.48. The fraction of sp³-hybridized carbons (Fsp3) is 0.250. The molecule has 1 aromatic heterocycles. The second-order valence-electron chi connectivity index (χ2n) is 6.18. The number of rotatable bonds is 8. The van der Waals surface area contributed by atoms with Crippen LogP contribution >= 0.6 is 11.8 Å². The van der Waals surface area contributed by atoms with Gasteiger partial charge >= 0.3 is 0 Å². The summed E-state index contributed by atoms with van der Waals surface area (Å²) >= 11 is 1.19. The van der Waals surface area contributed by atoms with Gasteiger partial charge in [0.05, 0.1) is 5.75 Å². The lowest BCUT2D eigenvalue weighted by atomic mass is 10.0. The molecule has 140 valence electrons. The number of anilines is 1. The van der Waals surface area contributed by atoms with Crippen LogP contribution in [0.3, 0.4) is 0 Å². The molecule has 0 radical (unpaired) electrons. The third kappa shape index (κ3) is 5.86. The molecule has 0 atom stereocenters. The molecular formula is C20H21N3O3S. The highest BCUT2D eigenvalue weighted by Gasteiger charge is 2.10. The van der Waals surface area contributed by atoms with Gasteiger partial charge in [-0.15, -0.1) is 10.2 Å². The topological polar surface area (TPSA) is 77.2 Å². The lowest BCUT2D eigenvalue weighted by Gasteiger charge is -2.07. The Kier molecular flexibility index (Phi) is 6.49. The van der Waals surface area contributed by atoms with Crippen LogP contribution in [0, 0.1) is 0 Å². The van der Waals surface area contributed by atoms with E-state index < -0.39 is 0 Å². The van der Waals surface area contributed by atoms with Crippen molar-refractivity contribution in [1.29, 1.82) is 0 Å². The molecule has 0 aliphatic rings. The Morgan fingerprint density at radius 3 is 2.56 bits per heavy atom. The molecule has 0 spiro atoms. The van der Waals surface area contributed by atoms with E-state index in [1.54, 1.807) is 0 Å². The monoisotopic (exact) mass is 383 g/mol. The Bertz CT molecular complexity index is 864. The maximum atomic E-state index is 11.9. The summed E-state index contributed by atoms with van der Waals surface area (Å²) in [6, 6.07) is 17.2. The Balaban J connectivity index is 1.44. The maximum absolute atomic E-state index is 11.9. The molecule has 0 aliphatic heterocycles. The Morgan fingerprint density at radius 2 is 1.85 bits per heavy atom. The van der Waals surface area contributed by atoms with Crippen LogP contribution in [0.15, 0.2) is 64.2 Å². The number of carbonyl (C=O) groups is 1. The van der Waals surface area contributed by atoms with Crippen LogP contribution in [0.4, 0.5) is 5.69 Å². The molecule has 6 nitrogen and oxygen atoms in total. The lowest BCUT2D eigenvalue weighted by molar-refractivity contribution is -0.113. The summed E-state index contributed by atoms with van der Waals surface area (Å²) in [5, 5.41) is 11.0. The van der Waals surface area contributed by atoms with Crippen LogP contribution in [0.2, 0.25) is 0 Å². The van der Waals surface area contributed by atoms with Gasteiger partial charge in [0.2, 0.25) is 5.91 Å². The predicted molar refractivity (Wildman–Crippen MR) is 105 cm³/mol. The first kappa shape index (κ1) is 19.0. The highest BCUT2D eigenvalue weighted by atomic mass is 32.2. The molecule has 0 aliphatic carbocycles. The number of carbonyl (C=O) groups excluding carboxylic acids is 1. The molecular weight excluding hydrogens is 362 g/mol. The van der Waals surface area contributed by atoms with Gasteiger partial charge in [-0.1, -0.05) is 55.9 Å². The van der Waals surface area contributed by atoms with Gasteiger partial charge in [0, 0.05) is 5.69 Å². The normalized spacial score (nSPS) is 10.8. The van der Waals surface area contributed by atoms with Crippen molar-refractivity contribution in [3.05, 3.63) is 66.1 Å². The number of hydrogen-bond acceptors (Lipinski definition) is 6. The van der Waals surface area contributed by atoms with Gasteiger partial charge < -0.3 is 14.5 Å². The molecule has 0 fully saturated rings. The molecule has 2 aromatic carbocycles. The fourth-order valence-corrected chi connectivity index (χ4v) is 2.88. The second-order valence-corrected chi connectivity index (χ2v) is 7.10. The van der Waals surface area contributed by atoms with Crippen molar-refractivity contribution < 1.29 is 13.9 Å². The van der Waals surface area contributed by atoms with Gasteiger partial charge in [-0.05, 0) is 35.7 Å². The molecule has 3 aromatic rings. The van der Waals surface area contributed by atoms with E-state index in [4.69, 9.17) is 9.15 Å². The lowest BCUT2D eigenvalue weighted by Crippen LogP contribution is -2.13. The van der Waals surface area contributed by atoms with Crippen molar-refractivity contribution >= 4 is 23.4 Å². The number of aromatic nitrogens is 2. The number of nitrogens with zero attached hydrogens (tertiary/aromatic N) is 2. The summed E-state index contributed by atoms with van der Waals surface area (Å²) in [6.07, 6.45) is 0. The number of thioether (sulfide) groups is 1. The third-order valence-corrected chi connectivity index (χ3v) is 4.56. The number of benzene rings is 2. The Hall–Kier alpha value is -2.80. The predicted octanol–water partition coefficient (Wildman–Crippen LogP) is 4.50. The van der Waals surface area contributed by atoms with Crippen molar-refractivity contribution in [3.63, 3.8) is 0 Å². The quantitative estimate of drug-likeness (QED) is 0.577. The van der Waals surface area contributed by atoms with Crippen molar-refractivity contribution in [2.75, 3.05) is 11.1 Å². The molecule has 0 saturated carbocycles. The van der Waals surface area contributed by atoms with Crippen LogP contribution in [0.1, 0.15) is 31.2 Å². The molecule has 7 heteroatoms. The van der Waals surface area contributed by atoms with E-state index >= 15 is 0 Å². The van der Waals surface area contributed by atoms with E-state index in [-0.39, 0.29) is 18.3 Å². The molecule has 1 heterocycles. The van der Waals surface area contributed by atoms with Gasteiger partial charge in [0.1, 0.15) is 5.75 Å². The van der Waals surface area contributed by atoms with Crippen LogP contribution in [0.25, 0.3) is 0 Å². The van der Waals surface area contributed by atoms with E-state index in [1.807, 2.05) is 54.6 Å². The van der Waals surface area contributed by atoms with E-state index in [9.17, 15) is 4.79 Å². The highest BCUT2D eigenvalue weighted by Crippen LogP contribution is 2.20. The smallest absolute Gasteiger partial charge is 0.277 e. The molecule has 27 heavy (non-hydrogen) atoms. The molecule has 0 unspecified atom stereocenters. The first-order valence-corrected chi connectivity index (χ1v) is 9.61. The van der Waals surface area contributed by atoms with Crippen LogP contribution in [-0.2, 0) is 11.4 Å². The minimum Gasteiger partial charge on any atom is -0.484 e. The maximum Gasteiger partial charge on any atom is 0.277 e. The standard InChI is InChI=1S/C20H21N3O3S/c1-14(2)15-8-10-17(11-9-15)25-12-19-22-23-20(26-19)27-13-18(24)21-16-6-4-3-5-7-16/h3-11,14H,12-13H2,1-2H3,(H,21,24). The zero-order valence-electron chi connectivity index (χ0n) is 15.2. The van der Waals surface area contributed by atoms with E-state index in [1.165, 1.54) is 17.3 Å². The molecule has 1 amide bonds. The van der Waals surface area contributed by atoms with Crippen LogP contribution < -0.4 is 10.1 Å². The zero-order chi connectivity index (χ0) is 19.1. The number of ether oxygens (including phenoxy) is 1. The summed E-state index contributed by atoms with van der Waals surface area (Å²) < 4.78 is 11.2. The van der Waals surface area contributed by atoms with Crippen molar-refractivity contribution in [3.8, 4) is 5.75 Å². The summed E-state index contributed by atoms with van der Waals surface area (Å²) in [4.78, 5) is 11.9. The number of amides is 1. The minimum absolute atomic E-state index is 0.132. The third-order valence-electron chi connectivity index (χ3n) is 3.74. The molecule has 1 N–H and O–H groups in total. The number of hydrogen-bond donors (Lipinski definition) is 1. The van der Waals surface area contributed by atoms with E-state index in [2.05, 4.69) is 29.4 Å². The highest BCUT2D eigenvalue weighted by molar-refractivity contribution is 7.99. The van der Waals surface area contributed by atoms with Crippen LogP contribution in [-0.4, -0.2) is 21.9 Å². The summed E-state index contributed by atoms with van der Waals surface area (Å²) in [7, 11) is 0. The van der Waals surface area contributed by atoms with Crippen molar-refractivity contribution in [2.24, 2.45) is 0 Å². The number of nitrogens with one attached hydrogen (secondary N) is 1. The van der Waals surface area contributed by atoms with E-state index in [0.29, 0.717) is 17.0 Å². The molecule has 0 saturated heterocycles. The SMILES string of the molecule is CC(C)c1ccc(OCc2nnc(SCC(=O)Nc3ccccc3)o2)cc1. The average molecular weight is 383 g/mol. The van der Waals surface area contributed by atoms with Crippen molar-refractivity contribution in [1.82, 2.24) is 10.2 Å². The van der Waals surface area contributed by atoms with Gasteiger partial charge in [-0.2, -0.15) is 0 Å². The zero-order valence-corrected chi connectivity index (χ0v) is 16.0. The first-order valence-electron chi connectivity index (χ1n) is 8.63. The van der Waals surface area contributed by atoms with Crippen LogP contribution in [0.5, 0.6) is 5.75 Å². The Labute approximate surface area is 162 Å². The molecule has 0 bridgehead atoms. The first-order chi connectivity index (χ1) is 13.1. The Morgan fingerprint density at radius 1 is 1.11 bits per heavy atom. The minimum atomic E-state index is -0.132. The van der Waals surface area contributed by atoms with Crippen molar-refractivity contribution in [2.45, 2.75) is 31.6 Å². The number of para-hydroxylation sites is 1. The van der Waals surface area contributed by atoms with Gasteiger partial charge in [0.25, 0.3) is 11.1 Å². The molecule has 3 rings (SSSR count). The van der Waals surface area contributed by atoms with E-state index in [0.717, 1.165) is 11.4 Å². The average Bonchev–Trinajstić information content (AvgIpc) is 3.14. The summed E-state index contributed by atoms with van der Waals surface area (Å²) in [5.74, 6) is 1.65. The van der Waals surface area contributed by atoms with Gasteiger partial charge in [0.15, 0.2) is 6.61 Å². The largest absolute Gasteiger partial charge is 0.484 e. The van der Waals surface area contributed by atoms with Gasteiger partial charge in [-0.25, -0.2) is 0 Å².